The summed E-state index contributed by atoms with van der Waals surface area (Å²) in [6.07, 6.45) is -0.497. The average Bonchev–Trinajstić information content (AvgIpc) is 2.48. The van der Waals surface area contributed by atoms with Gasteiger partial charge in [-0.3, -0.25) is 4.79 Å². The lowest BCUT2D eigenvalue weighted by Crippen LogP contribution is -2.30. The molecule has 1 unspecified atom stereocenters. The molecule has 0 aliphatic carbocycles. The Kier molecular flexibility index (Phi) is 5.42. The van der Waals surface area contributed by atoms with Crippen molar-refractivity contribution < 1.29 is 14.3 Å². The van der Waals surface area contributed by atoms with Crippen molar-refractivity contribution in [2.24, 2.45) is 0 Å². The molecular formula is C18H21NO3. The number of benzene rings is 2. The van der Waals surface area contributed by atoms with Gasteiger partial charge in [0.25, 0.3) is 5.91 Å². The molecule has 116 valence electrons. The molecule has 0 aromatic heterocycles. The van der Waals surface area contributed by atoms with Crippen LogP contribution in [0.5, 0.6) is 11.5 Å². The van der Waals surface area contributed by atoms with Crippen LogP contribution in [0.4, 0.5) is 5.69 Å². The van der Waals surface area contributed by atoms with Crippen molar-refractivity contribution in [3.63, 3.8) is 0 Å². The van der Waals surface area contributed by atoms with Crippen molar-refractivity contribution in [1.29, 1.82) is 0 Å². The van der Waals surface area contributed by atoms with Crippen LogP contribution >= 0.6 is 0 Å². The van der Waals surface area contributed by atoms with Crippen LogP contribution < -0.4 is 14.8 Å². The fraction of sp³-hybridized carbons (Fsp3) is 0.278. The first-order chi connectivity index (χ1) is 10.5. The Morgan fingerprint density at radius 2 is 1.59 bits per heavy atom. The van der Waals surface area contributed by atoms with Crippen LogP contribution in [0.2, 0.25) is 0 Å². The molecule has 0 spiro atoms. The monoisotopic (exact) mass is 299 g/mol. The maximum atomic E-state index is 12.2. The number of rotatable bonds is 6. The molecule has 0 saturated heterocycles. The molecule has 0 heterocycles. The molecule has 1 atom stereocenters. The molecule has 22 heavy (non-hydrogen) atoms. The number of para-hydroxylation sites is 1. The van der Waals surface area contributed by atoms with Crippen LogP contribution in [0.3, 0.4) is 0 Å². The van der Waals surface area contributed by atoms with Crippen molar-refractivity contribution in [3.8, 4) is 11.5 Å². The molecule has 0 aliphatic heterocycles. The number of hydrogen-bond acceptors (Lipinski definition) is 3. The van der Waals surface area contributed by atoms with Gasteiger partial charge in [-0.25, -0.2) is 0 Å². The summed E-state index contributed by atoms with van der Waals surface area (Å²) in [6, 6.07) is 16.6. The van der Waals surface area contributed by atoms with Crippen LogP contribution in [0, 0.1) is 0 Å². The SMILES string of the molecule is CC(C)Oc1cccc(NC(=O)C(C)Oc2ccccc2)c1. The molecule has 2 aromatic carbocycles. The predicted molar refractivity (Wildman–Crippen MR) is 87.4 cm³/mol. The van der Waals surface area contributed by atoms with E-state index in [-0.39, 0.29) is 12.0 Å². The second kappa shape index (κ2) is 7.50. The first-order valence-electron chi connectivity index (χ1n) is 7.34. The Morgan fingerprint density at radius 1 is 0.909 bits per heavy atom. The zero-order valence-electron chi connectivity index (χ0n) is 13.1. The smallest absolute Gasteiger partial charge is 0.265 e. The molecule has 0 saturated carbocycles. The fourth-order valence-corrected chi connectivity index (χ4v) is 1.92. The molecular weight excluding hydrogens is 278 g/mol. The third-order valence-electron chi connectivity index (χ3n) is 2.90. The molecule has 1 N–H and O–H groups in total. The van der Waals surface area contributed by atoms with Gasteiger partial charge in [-0.1, -0.05) is 24.3 Å². The lowest BCUT2D eigenvalue weighted by atomic mass is 10.2. The van der Waals surface area contributed by atoms with E-state index in [9.17, 15) is 4.79 Å². The molecule has 4 nitrogen and oxygen atoms in total. The molecule has 2 rings (SSSR count). The van der Waals surface area contributed by atoms with E-state index in [1.807, 2.05) is 62.4 Å². The van der Waals surface area contributed by atoms with Gasteiger partial charge in [-0.2, -0.15) is 0 Å². The van der Waals surface area contributed by atoms with E-state index < -0.39 is 6.10 Å². The second-order valence-electron chi connectivity index (χ2n) is 5.26. The molecule has 0 fully saturated rings. The maximum absolute atomic E-state index is 12.2. The highest BCUT2D eigenvalue weighted by Crippen LogP contribution is 2.19. The summed E-state index contributed by atoms with van der Waals surface area (Å²) in [4.78, 5) is 12.2. The van der Waals surface area contributed by atoms with Gasteiger partial charge in [0, 0.05) is 11.8 Å². The van der Waals surface area contributed by atoms with Gasteiger partial charge in [0.15, 0.2) is 6.10 Å². The quantitative estimate of drug-likeness (QED) is 0.880. The summed E-state index contributed by atoms with van der Waals surface area (Å²) in [5, 5.41) is 2.83. The first-order valence-corrected chi connectivity index (χ1v) is 7.34. The van der Waals surface area contributed by atoms with Crippen molar-refractivity contribution in [2.75, 3.05) is 5.32 Å². The average molecular weight is 299 g/mol. The molecule has 0 aliphatic rings. The minimum atomic E-state index is -0.586. The topological polar surface area (TPSA) is 47.6 Å². The number of amides is 1. The van der Waals surface area contributed by atoms with E-state index in [0.717, 1.165) is 5.75 Å². The number of nitrogens with one attached hydrogen (secondary N) is 1. The second-order valence-corrected chi connectivity index (χ2v) is 5.26. The Labute approximate surface area is 131 Å². The summed E-state index contributed by atoms with van der Waals surface area (Å²) in [6.45, 7) is 5.64. The summed E-state index contributed by atoms with van der Waals surface area (Å²) in [5.74, 6) is 1.19. The molecule has 0 bridgehead atoms. The zero-order valence-corrected chi connectivity index (χ0v) is 13.1. The Balaban J connectivity index is 1.96. The van der Waals surface area contributed by atoms with Gasteiger partial charge in [0.05, 0.1) is 6.10 Å². The number of carbonyl (C=O) groups excluding carboxylic acids is 1. The highest BCUT2D eigenvalue weighted by Gasteiger charge is 2.15. The summed E-state index contributed by atoms with van der Waals surface area (Å²) >= 11 is 0. The van der Waals surface area contributed by atoms with Crippen molar-refractivity contribution in [2.45, 2.75) is 33.0 Å². The Hall–Kier alpha value is -2.49. The minimum Gasteiger partial charge on any atom is -0.491 e. The molecule has 4 heteroatoms. The van der Waals surface area contributed by atoms with Crippen LogP contribution in [0.25, 0.3) is 0 Å². The fourth-order valence-electron chi connectivity index (χ4n) is 1.92. The number of hydrogen-bond donors (Lipinski definition) is 1. The Morgan fingerprint density at radius 3 is 2.27 bits per heavy atom. The lowest BCUT2D eigenvalue weighted by molar-refractivity contribution is -0.122. The van der Waals surface area contributed by atoms with Crippen molar-refractivity contribution in [1.82, 2.24) is 0 Å². The van der Waals surface area contributed by atoms with Gasteiger partial charge in [0.1, 0.15) is 11.5 Å². The maximum Gasteiger partial charge on any atom is 0.265 e. The van der Waals surface area contributed by atoms with E-state index in [1.54, 1.807) is 13.0 Å². The van der Waals surface area contributed by atoms with Crippen LogP contribution in [-0.2, 0) is 4.79 Å². The van der Waals surface area contributed by atoms with E-state index in [4.69, 9.17) is 9.47 Å². The summed E-state index contributed by atoms with van der Waals surface area (Å²) < 4.78 is 11.2. The highest BCUT2D eigenvalue weighted by atomic mass is 16.5. The summed E-state index contributed by atoms with van der Waals surface area (Å²) in [7, 11) is 0. The van der Waals surface area contributed by atoms with E-state index in [2.05, 4.69) is 5.32 Å². The summed E-state index contributed by atoms with van der Waals surface area (Å²) in [5.41, 5.74) is 0.687. The number of carbonyl (C=O) groups is 1. The third-order valence-corrected chi connectivity index (χ3v) is 2.90. The van der Waals surface area contributed by atoms with E-state index in [1.165, 1.54) is 0 Å². The molecule has 0 radical (unpaired) electrons. The Bertz CT molecular complexity index is 611. The van der Waals surface area contributed by atoms with Crippen LogP contribution in [0.15, 0.2) is 54.6 Å². The predicted octanol–water partition coefficient (Wildman–Crippen LogP) is 3.88. The highest BCUT2D eigenvalue weighted by molar-refractivity contribution is 5.94. The van der Waals surface area contributed by atoms with Gasteiger partial charge < -0.3 is 14.8 Å². The zero-order chi connectivity index (χ0) is 15.9. The molecule has 2 aromatic rings. The minimum absolute atomic E-state index is 0.0892. The van der Waals surface area contributed by atoms with Crippen molar-refractivity contribution >= 4 is 11.6 Å². The number of anilines is 1. The van der Waals surface area contributed by atoms with E-state index in [0.29, 0.717) is 11.4 Å². The van der Waals surface area contributed by atoms with Crippen molar-refractivity contribution in [3.05, 3.63) is 54.6 Å². The largest absolute Gasteiger partial charge is 0.491 e. The van der Waals surface area contributed by atoms with Crippen LogP contribution in [0.1, 0.15) is 20.8 Å². The van der Waals surface area contributed by atoms with Gasteiger partial charge in [-0.15, -0.1) is 0 Å². The standard InChI is InChI=1S/C18H21NO3/c1-13(2)21-17-11-7-8-15(12-17)19-18(20)14(3)22-16-9-5-4-6-10-16/h4-14H,1-3H3,(H,19,20). The third kappa shape index (κ3) is 4.81. The lowest BCUT2D eigenvalue weighted by Gasteiger charge is -2.15. The van der Waals surface area contributed by atoms with Crippen LogP contribution in [-0.4, -0.2) is 18.1 Å². The normalized spacial score (nSPS) is 11.8. The van der Waals surface area contributed by atoms with Gasteiger partial charge >= 0.3 is 0 Å². The first kappa shape index (κ1) is 15.9. The number of ether oxygens (including phenoxy) is 2. The van der Waals surface area contributed by atoms with Gasteiger partial charge in [0.2, 0.25) is 0 Å². The van der Waals surface area contributed by atoms with Gasteiger partial charge in [-0.05, 0) is 45.0 Å². The molecule has 1 amide bonds. The van der Waals surface area contributed by atoms with E-state index >= 15 is 0 Å².